The van der Waals surface area contributed by atoms with Crippen LogP contribution in [0.25, 0.3) is 0 Å². The van der Waals surface area contributed by atoms with Crippen molar-refractivity contribution in [1.82, 2.24) is 0 Å². The van der Waals surface area contributed by atoms with Gasteiger partial charge in [-0.3, -0.25) is 0 Å². The van der Waals surface area contributed by atoms with Gasteiger partial charge >= 0.3 is 0 Å². The van der Waals surface area contributed by atoms with Gasteiger partial charge in [-0.1, -0.05) is 6.07 Å². The lowest BCUT2D eigenvalue weighted by Gasteiger charge is -2.11. The Kier molecular flexibility index (Phi) is 4.21. The van der Waals surface area contributed by atoms with Crippen molar-refractivity contribution in [3.05, 3.63) is 58.9 Å². The fourth-order valence-corrected chi connectivity index (χ4v) is 1.85. The van der Waals surface area contributed by atoms with Gasteiger partial charge in [0.05, 0.1) is 18.7 Å². The number of aryl methyl sites for hydroxylation is 1. The van der Waals surface area contributed by atoms with Crippen LogP contribution in [0.1, 0.15) is 16.7 Å². The highest BCUT2D eigenvalue weighted by molar-refractivity contribution is 5.43. The molecule has 0 radical (unpaired) electrons. The van der Waals surface area contributed by atoms with Crippen LogP contribution in [-0.4, -0.2) is 7.11 Å². The third-order valence-electron chi connectivity index (χ3n) is 2.80. The Bertz CT molecular complexity index is 662. The van der Waals surface area contributed by atoms with Crippen LogP contribution in [0.5, 0.6) is 11.5 Å². The molecule has 2 aromatic rings. The number of nitrogens with zero attached hydrogens (tertiary/aromatic N) is 1. The molecule has 0 saturated carbocycles. The lowest BCUT2D eigenvalue weighted by atomic mass is 10.1. The first-order valence-electron chi connectivity index (χ1n) is 6.09. The number of ether oxygens (including phenoxy) is 2. The van der Waals surface area contributed by atoms with E-state index in [0.29, 0.717) is 17.1 Å². The van der Waals surface area contributed by atoms with Gasteiger partial charge in [0.15, 0.2) is 11.5 Å². The number of hydrogen-bond donors (Lipinski definition) is 0. The largest absolute Gasteiger partial charge is 0.493 e. The van der Waals surface area contributed by atoms with Crippen LogP contribution in [0, 0.1) is 24.1 Å². The fourth-order valence-electron chi connectivity index (χ4n) is 1.85. The predicted molar refractivity (Wildman–Crippen MR) is 73.2 cm³/mol. The van der Waals surface area contributed by atoms with Crippen molar-refractivity contribution in [3.63, 3.8) is 0 Å². The van der Waals surface area contributed by atoms with Gasteiger partial charge in [-0.15, -0.1) is 0 Å². The van der Waals surface area contributed by atoms with Crippen LogP contribution in [0.15, 0.2) is 36.4 Å². The molecule has 4 heteroatoms. The summed E-state index contributed by atoms with van der Waals surface area (Å²) in [7, 11) is 1.57. The number of hydrogen-bond acceptors (Lipinski definition) is 3. The van der Waals surface area contributed by atoms with E-state index in [2.05, 4.69) is 0 Å². The van der Waals surface area contributed by atoms with Gasteiger partial charge in [-0.05, 0) is 48.4 Å². The normalized spacial score (nSPS) is 9.90. The maximum atomic E-state index is 13.3. The minimum Gasteiger partial charge on any atom is -0.493 e. The van der Waals surface area contributed by atoms with Gasteiger partial charge in [0.25, 0.3) is 0 Å². The molecule has 0 atom stereocenters. The van der Waals surface area contributed by atoms with E-state index < -0.39 is 5.82 Å². The zero-order valence-electron chi connectivity index (χ0n) is 11.3. The van der Waals surface area contributed by atoms with Gasteiger partial charge in [-0.2, -0.15) is 5.26 Å². The summed E-state index contributed by atoms with van der Waals surface area (Å²) in [6, 6.07) is 11.6. The van der Waals surface area contributed by atoms with Gasteiger partial charge in [0.1, 0.15) is 12.4 Å². The Morgan fingerprint density at radius 2 is 1.95 bits per heavy atom. The second-order valence-corrected chi connectivity index (χ2v) is 4.40. The van der Waals surface area contributed by atoms with Crippen molar-refractivity contribution in [2.75, 3.05) is 7.11 Å². The molecule has 0 N–H and O–H groups in total. The molecule has 0 unspecified atom stereocenters. The summed E-state index contributed by atoms with van der Waals surface area (Å²) in [6.45, 7) is 2.13. The third kappa shape index (κ3) is 3.27. The highest BCUT2D eigenvalue weighted by Gasteiger charge is 2.06. The second kappa shape index (κ2) is 6.07. The molecule has 2 rings (SSSR count). The van der Waals surface area contributed by atoms with Crippen molar-refractivity contribution in [3.8, 4) is 17.6 Å². The van der Waals surface area contributed by atoms with E-state index in [-0.39, 0.29) is 12.2 Å². The van der Waals surface area contributed by atoms with Crippen LogP contribution in [0.3, 0.4) is 0 Å². The number of benzene rings is 2. The van der Waals surface area contributed by atoms with Crippen LogP contribution in [0.2, 0.25) is 0 Å². The van der Waals surface area contributed by atoms with E-state index in [4.69, 9.17) is 14.7 Å². The molecule has 0 heterocycles. The molecule has 0 aliphatic carbocycles. The van der Waals surface area contributed by atoms with Gasteiger partial charge in [0, 0.05) is 0 Å². The molecule has 0 saturated heterocycles. The van der Waals surface area contributed by atoms with E-state index in [1.54, 1.807) is 19.2 Å². The number of methoxy groups -OCH3 is 1. The summed E-state index contributed by atoms with van der Waals surface area (Å²) >= 11 is 0. The summed E-state index contributed by atoms with van der Waals surface area (Å²) in [6.07, 6.45) is 0. The topological polar surface area (TPSA) is 42.2 Å². The monoisotopic (exact) mass is 271 g/mol. The number of halogens is 1. The smallest absolute Gasteiger partial charge is 0.161 e. The molecule has 0 fully saturated rings. The summed E-state index contributed by atoms with van der Waals surface area (Å²) in [5, 5.41) is 8.81. The van der Waals surface area contributed by atoms with E-state index >= 15 is 0 Å². The Labute approximate surface area is 117 Å². The van der Waals surface area contributed by atoms with Crippen molar-refractivity contribution in [1.29, 1.82) is 5.26 Å². The summed E-state index contributed by atoms with van der Waals surface area (Å²) < 4.78 is 24.2. The first kappa shape index (κ1) is 13.9. The molecule has 0 aliphatic rings. The first-order chi connectivity index (χ1) is 9.62. The SMILES string of the molecule is COc1cc(C)ccc1OCc1cc(F)cc(C#N)c1. The van der Waals surface area contributed by atoms with Crippen molar-refractivity contribution >= 4 is 0 Å². The Hall–Kier alpha value is -2.54. The zero-order chi connectivity index (χ0) is 14.5. The minimum absolute atomic E-state index is 0.172. The molecular formula is C16H14FNO2. The van der Waals surface area contributed by atoms with Gasteiger partial charge < -0.3 is 9.47 Å². The highest BCUT2D eigenvalue weighted by atomic mass is 19.1. The lowest BCUT2D eigenvalue weighted by molar-refractivity contribution is 0.284. The molecule has 3 nitrogen and oxygen atoms in total. The average molecular weight is 271 g/mol. The van der Waals surface area contributed by atoms with Gasteiger partial charge in [-0.25, -0.2) is 4.39 Å². The van der Waals surface area contributed by atoms with E-state index in [1.165, 1.54) is 12.1 Å². The number of nitriles is 1. The third-order valence-corrected chi connectivity index (χ3v) is 2.80. The highest BCUT2D eigenvalue weighted by Crippen LogP contribution is 2.28. The standard InChI is InChI=1S/C16H14FNO2/c1-11-3-4-15(16(5-11)19-2)20-10-13-6-12(9-18)7-14(17)8-13/h3-8H,10H2,1-2H3. The Balaban J connectivity index is 2.17. The molecule has 0 amide bonds. The molecule has 2 aromatic carbocycles. The van der Waals surface area contributed by atoms with Crippen molar-refractivity contribution < 1.29 is 13.9 Å². The van der Waals surface area contributed by atoms with E-state index in [9.17, 15) is 4.39 Å². The maximum Gasteiger partial charge on any atom is 0.161 e. The second-order valence-electron chi connectivity index (χ2n) is 4.40. The molecule has 0 spiro atoms. The van der Waals surface area contributed by atoms with E-state index in [0.717, 1.165) is 5.56 Å². The van der Waals surface area contributed by atoms with E-state index in [1.807, 2.05) is 25.1 Å². The summed E-state index contributed by atoms with van der Waals surface area (Å²) in [5.41, 5.74) is 1.94. The molecule has 0 aliphatic heterocycles. The van der Waals surface area contributed by atoms with Crippen LogP contribution in [0.4, 0.5) is 4.39 Å². The first-order valence-corrected chi connectivity index (χ1v) is 6.09. The molecule has 0 bridgehead atoms. The fraction of sp³-hybridized carbons (Fsp3) is 0.188. The van der Waals surface area contributed by atoms with Crippen molar-refractivity contribution in [2.24, 2.45) is 0 Å². The number of rotatable bonds is 4. The molecule has 102 valence electrons. The zero-order valence-corrected chi connectivity index (χ0v) is 11.3. The minimum atomic E-state index is -0.446. The summed E-state index contributed by atoms with van der Waals surface area (Å²) in [4.78, 5) is 0. The van der Waals surface area contributed by atoms with Crippen LogP contribution < -0.4 is 9.47 Å². The van der Waals surface area contributed by atoms with Crippen molar-refractivity contribution in [2.45, 2.75) is 13.5 Å². The Morgan fingerprint density at radius 1 is 1.15 bits per heavy atom. The molecule has 0 aromatic heterocycles. The quantitative estimate of drug-likeness (QED) is 0.853. The Morgan fingerprint density at radius 3 is 2.65 bits per heavy atom. The maximum absolute atomic E-state index is 13.3. The average Bonchev–Trinajstić information content (AvgIpc) is 2.45. The predicted octanol–water partition coefficient (Wildman–Crippen LogP) is 3.59. The van der Waals surface area contributed by atoms with Crippen LogP contribution in [-0.2, 0) is 6.61 Å². The lowest BCUT2D eigenvalue weighted by Crippen LogP contribution is -1.99. The summed E-state index contributed by atoms with van der Waals surface area (Å²) in [5.74, 6) is 0.765. The van der Waals surface area contributed by atoms with Crippen LogP contribution >= 0.6 is 0 Å². The molecular weight excluding hydrogens is 257 g/mol. The molecule has 20 heavy (non-hydrogen) atoms. The van der Waals surface area contributed by atoms with Gasteiger partial charge in [0.2, 0.25) is 0 Å².